The SMILES string of the molecule is Cn1cc2c(n1)-c1ccc(F)cc1[C@@](C)(S)Oc1cc(cnc1N)-c1c(C#N)ncn1C2. The molecule has 4 heterocycles. The summed E-state index contributed by atoms with van der Waals surface area (Å²) in [6, 6.07) is 8.24. The maximum absolute atomic E-state index is 14.3. The molecule has 4 aromatic rings. The van der Waals surface area contributed by atoms with Gasteiger partial charge in [0.1, 0.15) is 11.9 Å². The predicted octanol–water partition coefficient (Wildman–Crippen LogP) is 3.48. The number of fused-ring (bicyclic) bond motifs is 7. The highest BCUT2D eigenvalue weighted by atomic mass is 32.1. The van der Waals surface area contributed by atoms with E-state index in [0.717, 1.165) is 5.56 Å². The van der Waals surface area contributed by atoms with Crippen LogP contribution in [0.15, 0.2) is 43.0 Å². The lowest BCUT2D eigenvalue weighted by Gasteiger charge is -2.29. The lowest BCUT2D eigenvalue weighted by atomic mass is 9.97. The van der Waals surface area contributed by atoms with Crippen LogP contribution in [-0.2, 0) is 18.5 Å². The highest BCUT2D eigenvalue weighted by molar-refractivity contribution is 7.81. The number of nitriles is 1. The number of thiol groups is 1. The van der Waals surface area contributed by atoms with E-state index in [1.165, 1.54) is 12.1 Å². The van der Waals surface area contributed by atoms with Crippen LogP contribution in [0.3, 0.4) is 0 Å². The molecule has 5 rings (SSSR count). The van der Waals surface area contributed by atoms with Gasteiger partial charge in [-0.05, 0) is 31.2 Å². The number of halogens is 1. The van der Waals surface area contributed by atoms with E-state index in [1.807, 2.05) is 17.8 Å². The average molecular weight is 447 g/mol. The Kier molecular flexibility index (Phi) is 4.46. The Hall–Kier alpha value is -3.84. The van der Waals surface area contributed by atoms with Crippen LogP contribution in [-0.4, -0.2) is 24.3 Å². The lowest BCUT2D eigenvalue weighted by Crippen LogP contribution is -2.25. The van der Waals surface area contributed by atoms with Crippen LogP contribution in [0.25, 0.3) is 22.5 Å². The van der Waals surface area contributed by atoms with Crippen LogP contribution in [0, 0.1) is 17.1 Å². The van der Waals surface area contributed by atoms with Crippen molar-refractivity contribution in [1.82, 2.24) is 24.3 Å². The van der Waals surface area contributed by atoms with Gasteiger partial charge in [0.05, 0.1) is 24.3 Å². The Morgan fingerprint density at radius 1 is 1.31 bits per heavy atom. The third kappa shape index (κ3) is 3.18. The number of aromatic nitrogens is 5. The normalized spacial score (nSPS) is 17.1. The summed E-state index contributed by atoms with van der Waals surface area (Å²) in [4.78, 5) is 7.24. The minimum atomic E-state index is -1.27. The van der Waals surface area contributed by atoms with Crippen LogP contribution in [0.1, 0.15) is 23.7 Å². The molecule has 2 N–H and O–H groups in total. The lowest BCUT2D eigenvalue weighted by molar-refractivity contribution is 0.191. The summed E-state index contributed by atoms with van der Waals surface area (Å²) in [6.45, 7) is 2.09. The highest BCUT2D eigenvalue weighted by Crippen LogP contribution is 2.42. The molecule has 1 atom stereocenters. The molecule has 3 aromatic heterocycles. The van der Waals surface area contributed by atoms with Gasteiger partial charge < -0.3 is 15.0 Å². The number of nitrogens with two attached hydrogens (primary N) is 1. The minimum Gasteiger partial charge on any atom is -0.469 e. The van der Waals surface area contributed by atoms with E-state index in [0.29, 0.717) is 34.6 Å². The van der Waals surface area contributed by atoms with E-state index >= 15 is 0 Å². The molecule has 1 aromatic carbocycles. The number of pyridine rings is 1. The van der Waals surface area contributed by atoms with Crippen molar-refractivity contribution in [3.8, 4) is 34.3 Å². The second-order valence-electron chi connectivity index (χ2n) is 7.74. The summed E-state index contributed by atoms with van der Waals surface area (Å²) in [6.07, 6.45) is 5.05. The number of hydrogen-bond acceptors (Lipinski definition) is 7. The van der Waals surface area contributed by atoms with Gasteiger partial charge in [0.15, 0.2) is 22.2 Å². The third-order valence-corrected chi connectivity index (χ3v) is 5.72. The number of anilines is 1. The number of nitrogen functional groups attached to an aromatic ring is 1. The number of ether oxygens (including phenoxy) is 1. The van der Waals surface area contributed by atoms with Gasteiger partial charge in [-0.3, -0.25) is 4.68 Å². The first kappa shape index (κ1) is 20.1. The van der Waals surface area contributed by atoms with Crippen molar-refractivity contribution in [3.63, 3.8) is 0 Å². The Bertz CT molecular complexity index is 1420. The van der Waals surface area contributed by atoms with Crippen LogP contribution < -0.4 is 10.5 Å². The molecule has 8 nitrogen and oxygen atoms in total. The zero-order valence-corrected chi connectivity index (χ0v) is 18.1. The number of hydrogen-bond donors (Lipinski definition) is 2. The summed E-state index contributed by atoms with van der Waals surface area (Å²) in [5, 5.41) is 14.3. The molecule has 0 amide bonds. The second-order valence-corrected chi connectivity index (χ2v) is 8.59. The standard InChI is InChI=1S/C22H18FN7OS/c1-22(32)16-6-14(23)3-4-15(16)19-13(9-29(2)28-19)10-30-11-27-17(7-24)20(30)12-5-18(31-22)21(25)26-8-12/h3-6,8-9,11,32H,10H2,1-2H3,(H2,25,26)/t22-/m1/s1. The highest BCUT2D eigenvalue weighted by Gasteiger charge is 2.32. The summed E-state index contributed by atoms with van der Waals surface area (Å²) >= 11 is 4.73. The predicted molar refractivity (Wildman–Crippen MR) is 119 cm³/mol. The van der Waals surface area contributed by atoms with Crippen molar-refractivity contribution < 1.29 is 9.13 Å². The first-order chi connectivity index (χ1) is 15.3. The van der Waals surface area contributed by atoms with E-state index in [2.05, 4.69) is 21.1 Å². The molecule has 10 heteroatoms. The maximum atomic E-state index is 14.3. The maximum Gasteiger partial charge on any atom is 0.175 e. The first-order valence-corrected chi connectivity index (χ1v) is 10.2. The van der Waals surface area contributed by atoms with Gasteiger partial charge in [-0.2, -0.15) is 10.4 Å². The molecule has 0 saturated carbocycles. The molecule has 160 valence electrons. The molecule has 0 spiro atoms. The Morgan fingerprint density at radius 2 is 2.12 bits per heavy atom. The van der Waals surface area contributed by atoms with Gasteiger partial charge in [0, 0.05) is 41.7 Å². The number of benzene rings is 1. The first-order valence-electron chi connectivity index (χ1n) is 9.72. The van der Waals surface area contributed by atoms with E-state index in [1.54, 1.807) is 36.3 Å². The Morgan fingerprint density at radius 3 is 2.91 bits per heavy atom. The van der Waals surface area contributed by atoms with E-state index in [9.17, 15) is 9.65 Å². The molecular weight excluding hydrogens is 429 g/mol. The summed E-state index contributed by atoms with van der Waals surface area (Å²) in [5.74, 6) is -0.0200. The fraction of sp³-hybridized carbons (Fsp3) is 0.182. The van der Waals surface area contributed by atoms with Crippen molar-refractivity contribution in [2.24, 2.45) is 7.05 Å². The fourth-order valence-electron chi connectivity index (χ4n) is 3.99. The zero-order valence-electron chi connectivity index (χ0n) is 17.2. The van der Waals surface area contributed by atoms with Crippen LogP contribution in [0.2, 0.25) is 0 Å². The number of aryl methyl sites for hydroxylation is 1. The van der Waals surface area contributed by atoms with Gasteiger partial charge in [-0.15, -0.1) is 12.6 Å². The van der Waals surface area contributed by atoms with Crippen molar-refractivity contribution >= 4 is 18.4 Å². The topological polar surface area (TPSA) is 108 Å². The van der Waals surface area contributed by atoms with Gasteiger partial charge >= 0.3 is 0 Å². The van der Waals surface area contributed by atoms with Crippen molar-refractivity contribution in [3.05, 3.63) is 65.6 Å². The van der Waals surface area contributed by atoms with Crippen LogP contribution in [0.4, 0.5) is 10.2 Å². The Balaban J connectivity index is 1.86. The average Bonchev–Trinajstić information content (AvgIpc) is 3.32. The fourth-order valence-corrected chi connectivity index (χ4v) is 4.28. The number of imidazole rings is 1. The smallest absolute Gasteiger partial charge is 0.175 e. The van der Waals surface area contributed by atoms with Crippen molar-refractivity contribution in [1.29, 1.82) is 5.26 Å². The third-order valence-electron chi connectivity index (χ3n) is 5.39. The van der Waals surface area contributed by atoms with Gasteiger partial charge in [-0.1, -0.05) is 0 Å². The van der Waals surface area contributed by atoms with Gasteiger partial charge in [-0.25, -0.2) is 14.4 Å². The minimum absolute atomic E-state index is 0.145. The largest absolute Gasteiger partial charge is 0.469 e. The zero-order chi connectivity index (χ0) is 22.6. The molecule has 0 saturated heterocycles. The van der Waals surface area contributed by atoms with E-state index in [4.69, 9.17) is 23.1 Å². The van der Waals surface area contributed by atoms with Crippen LogP contribution >= 0.6 is 12.6 Å². The van der Waals surface area contributed by atoms with Crippen molar-refractivity contribution in [2.45, 2.75) is 18.4 Å². The molecule has 1 aliphatic rings. The Labute approximate surface area is 188 Å². The molecule has 2 bridgehead atoms. The molecule has 0 aliphatic carbocycles. The number of rotatable bonds is 0. The second kappa shape index (κ2) is 7.10. The molecule has 32 heavy (non-hydrogen) atoms. The summed E-state index contributed by atoms with van der Waals surface area (Å²) in [7, 11) is 1.81. The molecule has 0 fully saturated rings. The van der Waals surface area contributed by atoms with Crippen molar-refractivity contribution in [2.75, 3.05) is 5.73 Å². The van der Waals surface area contributed by atoms with Gasteiger partial charge in [0.2, 0.25) is 0 Å². The van der Waals surface area contributed by atoms with Crippen LogP contribution in [0.5, 0.6) is 5.75 Å². The molecular formula is C22H18FN7OS. The van der Waals surface area contributed by atoms with Gasteiger partial charge in [0.25, 0.3) is 0 Å². The number of nitrogens with zero attached hydrogens (tertiary/aromatic N) is 6. The van der Waals surface area contributed by atoms with E-state index in [-0.39, 0.29) is 17.3 Å². The quantitative estimate of drug-likeness (QED) is 0.400. The molecule has 0 unspecified atom stereocenters. The monoisotopic (exact) mass is 447 g/mol. The summed E-state index contributed by atoms with van der Waals surface area (Å²) in [5.41, 5.74) is 10.2. The van der Waals surface area contributed by atoms with E-state index < -0.39 is 10.8 Å². The molecule has 1 aliphatic heterocycles. The molecule has 0 radical (unpaired) electrons. The summed E-state index contributed by atoms with van der Waals surface area (Å²) < 4.78 is 24.0.